The van der Waals surface area contributed by atoms with Crippen LogP contribution in [0.3, 0.4) is 0 Å². The number of ketones is 2. The highest BCUT2D eigenvalue weighted by molar-refractivity contribution is 6.01. The van der Waals surface area contributed by atoms with Gasteiger partial charge in [-0.1, -0.05) is 24.3 Å². The van der Waals surface area contributed by atoms with Crippen LogP contribution in [-0.2, 0) is 20.9 Å². The molecular formula is C16H20O3. The van der Waals surface area contributed by atoms with Crippen molar-refractivity contribution in [2.24, 2.45) is 5.92 Å². The second-order valence-corrected chi connectivity index (χ2v) is 5.28. The van der Waals surface area contributed by atoms with Gasteiger partial charge in [0.25, 0.3) is 0 Å². The van der Waals surface area contributed by atoms with Crippen LogP contribution in [0.1, 0.15) is 43.2 Å². The maximum atomic E-state index is 11.7. The van der Waals surface area contributed by atoms with E-state index in [1.807, 2.05) is 0 Å². The number of Topliss-reactive ketones (excluding diaryl/α,β-unsaturated/α-hetero) is 2. The van der Waals surface area contributed by atoms with Crippen molar-refractivity contribution < 1.29 is 14.3 Å². The molecule has 0 aromatic heterocycles. The van der Waals surface area contributed by atoms with E-state index in [2.05, 4.69) is 24.3 Å². The average molecular weight is 260 g/mol. The molecule has 0 bridgehead atoms. The summed E-state index contributed by atoms with van der Waals surface area (Å²) < 4.78 is 5.09. The Labute approximate surface area is 114 Å². The monoisotopic (exact) mass is 260 g/mol. The van der Waals surface area contributed by atoms with Crippen LogP contribution in [0.2, 0.25) is 0 Å². The summed E-state index contributed by atoms with van der Waals surface area (Å²) in [6, 6.07) is 8.29. The van der Waals surface area contributed by atoms with Crippen LogP contribution in [0.15, 0.2) is 24.3 Å². The number of benzene rings is 1. The van der Waals surface area contributed by atoms with Crippen molar-refractivity contribution in [2.45, 2.75) is 38.7 Å². The number of carbonyl (C=O) groups excluding carboxylic acids is 2. The van der Waals surface area contributed by atoms with Gasteiger partial charge in [0.1, 0.15) is 11.6 Å². The van der Waals surface area contributed by atoms with Gasteiger partial charge in [-0.2, -0.15) is 0 Å². The Morgan fingerprint density at radius 1 is 1.32 bits per heavy atom. The fraction of sp³-hybridized carbons (Fsp3) is 0.500. The lowest BCUT2D eigenvalue weighted by Gasteiger charge is -2.27. The van der Waals surface area contributed by atoms with Crippen molar-refractivity contribution in [1.29, 1.82) is 0 Å². The van der Waals surface area contributed by atoms with E-state index in [0.29, 0.717) is 25.4 Å². The predicted molar refractivity (Wildman–Crippen MR) is 72.9 cm³/mol. The van der Waals surface area contributed by atoms with E-state index in [9.17, 15) is 9.59 Å². The van der Waals surface area contributed by atoms with Gasteiger partial charge < -0.3 is 4.74 Å². The Kier molecular flexibility index (Phi) is 4.48. The van der Waals surface area contributed by atoms with Gasteiger partial charge in [0, 0.05) is 13.5 Å². The summed E-state index contributed by atoms with van der Waals surface area (Å²) in [6.45, 7) is 2.13. The summed E-state index contributed by atoms with van der Waals surface area (Å²) in [5, 5.41) is 0. The summed E-state index contributed by atoms with van der Waals surface area (Å²) in [5.74, 6) is 0.0473. The van der Waals surface area contributed by atoms with Gasteiger partial charge in [-0.25, -0.2) is 0 Å². The third kappa shape index (κ3) is 3.29. The largest absolute Gasteiger partial charge is 0.380 e. The zero-order chi connectivity index (χ0) is 13.8. The maximum Gasteiger partial charge on any atom is 0.143 e. The summed E-state index contributed by atoms with van der Waals surface area (Å²) >= 11 is 0. The molecule has 2 unspecified atom stereocenters. The molecule has 1 aromatic rings. The lowest BCUT2D eigenvalue weighted by atomic mass is 9.76. The van der Waals surface area contributed by atoms with E-state index < -0.39 is 5.92 Å². The molecule has 0 radical (unpaired) electrons. The van der Waals surface area contributed by atoms with Crippen molar-refractivity contribution in [3.63, 3.8) is 0 Å². The lowest BCUT2D eigenvalue weighted by molar-refractivity contribution is -0.133. The SMILES string of the molecule is COCc1ccc(C2CCC(=O)C(C(C)=O)C2)cc1. The van der Waals surface area contributed by atoms with Crippen LogP contribution >= 0.6 is 0 Å². The number of ether oxygens (including phenoxy) is 1. The first-order chi connectivity index (χ1) is 9.11. The third-order valence-electron chi connectivity index (χ3n) is 3.90. The number of hydrogen-bond donors (Lipinski definition) is 0. The molecule has 2 rings (SSSR count). The zero-order valence-electron chi connectivity index (χ0n) is 11.5. The molecule has 0 saturated heterocycles. The topological polar surface area (TPSA) is 43.4 Å². The van der Waals surface area contributed by atoms with E-state index in [1.165, 1.54) is 12.5 Å². The van der Waals surface area contributed by atoms with Gasteiger partial charge in [-0.15, -0.1) is 0 Å². The quantitative estimate of drug-likeness (QED) is 0.782. The van der Waals surface area contributed by atoms with E-state index in [1.54, 1.807) is 7.11 Å². The molecule has 1 aliphatic carbocycles. The summed E-state index contributed by atoms with van der Waals surface area (Å²) in [4.78, 5) is 23.2. The van der Waals surface area contributed by atoms with E-state index >= 15 is 0 Å². The average Bonchev–Trinajstić information content (AvgIpc) is 2.40. The van der Waals surface area contributed by atoms with Gasteiger partial charge in [0.05, 0.1) is 12.5 Å². The van der Waals surface area contributed by atoms with Crippen molar-refractivity contribution in [1.82, 2.24) is 0 Å². The fourth-order valence-corrected chi connectivity index (χ4v) is 2.77. The van der Waals surface area contributed by atoms with Crippen molar-refractivity contribution >= 4 is 11.6 Å². The highest BCUT2D eigenvalue weighted by atomic mass is 16.5. The van der Waals surface area contributed by atoms with Gasteiger partial charge in [0.2, 0.25) is 0 Å². The number of hydrogen-bond acceptors (Lipinski definition) is 3. The molecule has 3 heteroatoms. The van der Waals surface area contributed by atoms with Gasteiger partial charge >= 0.3 is 0 Å². The highest BCUT2D eigenvalue weighted by Gasteiger charge is 2.32. The molecule has 0 aliphatic heterocycles. The Morgan fingerprint density at radius 2 is 2.00 bits per heavy atom. The van der Waals surface area contributed by atoms with Crippen molar-refractivity contribution in [3.8, 4) is 0 Å². The van der Waals surface area contributed by atoms with E-state index in [0.717, 1.165) is 12.0 Å². The smallest absolute Gasteiger partial charge is 0.143 e. The molecular weight excluding hydrogens is 240 g/mol. The second-order valence-electron chi connectivity index (χ2n) is 5.28. The zero-order valence-corrected chi connectivity index (χ0v) is 11.5. The number of rotatable bonds is 4. The molecule has 1 saturated carbocycles. The third-order valence-corrected chi connectivity index (χ3v) is 3.90. The van der Waals surface area contributed by atoms with Gasteiger partial charge in [0.15, 0.2) is 0 Å². The molecule has 1 aliphatic rings. The molecule has 3 nitrogen and oxygen atoms in total. The molecule has 19 heavy (non-hydrogen) atoms. The summed E-state index contributed by atoms with van der Waals surface area (Å²) in [6.07, 6.45) is 2.04. The first-order valence-electron chi connectivity index (χ1n) is 6.72. The molecule has 0 heterocycles. The minimum absolute atomic E-state index is 0.00528. The molecule has 102 valence electrons. The second kappa shape index (κ2) is 6.11. The number of carbonyl (C=O) groups is 2. The molecule has 2 atom stereocenters. The Morgan fingerprint density at radius 3 is 2.58 bits per heavy atom. The molecule has 0 amide bonds. The van der Waals surface area contributed by atoms with Crippen LogP contribution in [0.5, 0.6) is 0 Å². The first-order valence-corrected chi connectivity index (χ1v) is 6.72. The minimum Gasteiger partial charge on any atom is -0.380 e. The van der Waals surface area contributed by atoms with Crippen LogP contribution in [0.25, 0.3) is 0 Å². The first kappa shape index (κ1) is 13.9. The standard InChI is InChI=1S/C16H20O3/c1-11(17)15-9-14(7-8-16(15)18)13-5-3-12(4-6-13)10-19-2/h3-6,14-15H,7-10H2,1-2H3. The van der Waals surface area contributed by atoms with Crippen molar-refractivity contribution in [3.05, 3.63) is 35.4 Å². The summed E-state index contributed by atoms with van der Waals surface area (Å²) in [7, 11) is 1.68. The van der Waals surface area contributed by atoms with Crippen LogP contribution in [-0.4, -0.2) is 18.7 Å². The molecule has 0 spiro atoms. The van der Waals surface area contributed by atoms with Crippen LogP contribution < -0.4 is 0 Å². The van der Waals surface area contributed by atoms with E-state index in [-0.39, 0.29) is 11.6 Å². The molecule has 1 fully saturated rings. The normalized spacial score (nSPS) is 23.4. The van der Waals surface area contributed by atoms with Gasteiger partial charge in [-0.05, 0) is 36.8 Å². The van der Waals surface area contributed by atoms with Crippen LogP contribution in [0.4, 0.5) is 0 Å². The predicted octanol–water partition coefficient (Wildman–Crippen LogP) is 2.87. The fourth-order valence-electron chi connectivity index (χ4n) is 2.77. The Bertz CT molecular complexity index is 461. The maximum absolute atomic E-state index is 11.7. The minimum atomic E-state index is -0.391. The summed E-state index contributed by atoms with van der Waals surface area (Å²) in [5.41, 5.74) is 2.36. The Balaban J connectivity index is 2.09. The molecule has 1 aromatic carbocycles. The highest BCUT2D eigenvalue weighted by Crippen LogP contribution is 2.34. The molecule has 0 N–H and O–H groups in total. The Hall–Kier alpha value is -1.48. The van der Waals surface area contributed by atoms with Crippen molar-refractivity contribution in [2.75, 3.05) is 7.11 Å². The van der Waals surface area contributed by atoms with E-state index in [4.69, 9.17) is 4.74 Å². The lowest BCUT2D eigenvalue weighted by Crippen LogP contribution is -2.29. The van der Waals surface area contributed by atoms with Gasteiger partial charge in [-0.3, -0.25) is 9.59 Å². The van der Waals surface area contributed by atoms with Crippen LogP contribution in [0, 0.1) is 5.92 Å². The number of methoxy groups -OCH3 is 1.